The molecule has 2 aliphatic rings. The van der Waals surface area contributed by atoms with Gasteiger partial charge in [0.1, 0.15) is 5.60 Å². The number of morpholine rings is 1. The number of rotatable bonds is 2. The third-order valence-electron chi connectivity index (χ3n) is 4.52. The van der Waals surface area contributed by atoms with E-state index >= 15 is 0 Å². The topological polar surface area (TPSA) is 47.4 Å². The Morgan fingerprint density at radius 1 is 1.48 bits per heavy atom. The average molecular weight is 289 g/mol. The van der Waals surface area contributed by atoms with Crippen LogP contribution in [0.5, 0.6) is 0 Å². The summed E-state index contributed by atoms with van der Waals surface area (Å²) in [5.41, 5.74) is 0.582. The van der Waals surface area contributed by atoms with Crippen LogP contribution in [0.25, 0.3) is 0 Å². The summed E-state index contributed by atoms with van der Waals surface area (Å²) in [6.07, 6.45) is 11.0. The molecule has 1 saturated heterocycles. The Morgan fingerprint density at radius 2 is 2.33 bits per heavy atom. The number of carbonyl (C=O) groups is 1. The number of carbonyl (C=O) groups excluding carboxylic acids is 1. The number of amides is 1. The van der Waals surface area contributed by atoms with Crippen molar-refractivity contribution in [2.24, 2.45) is 13.0 Å². The van der Waals surface area contributed by atoms with E-state index < -0.39 is 5.60 Å². The second-order valence-corrected chi connectivity index (χ2v) is 6.22. The standard InChI is InChI=1S/C16H23N3O2/c1-16(14-10-17-18(2)11-14)12-19(8-9-21-16)15(20)13-6-4-3-5-7-13/h3-4,10-11,13H,5-9,12H2,1-2H3/t13-,16+/m1/s1. The molecule has 0 unspecified atom stereocenters. The number of nitrogens with zero attached hydrogens (tertiary/aromatic N) is 3. The van der Waals surface area contributed by atoms with Crippen LogP contribution in [0.3, 0.4) is 0 Å². The zero-order valence-corrected chi connectivity index (χ0v) is 12.8. The average Bonchev–Trinajstić information content (AvgIpc) is 2.95. The second-order valence-electron chi connectivity index (χ2n) is 6.22. The summed E-state index contributed by atoms with van der Waals surface area (Å²) in [5, 5.41) is 4.22. The Morgan fingerprint density at radius 3 is 3.00 bits per heavy atom. The summed E-state index contributed by atoms with van der Waals surface area (Å²) in [4.78, 5) is 14.7. The van der Waals surface area contributed by atoms with Gasteiger partial charge in [0.15, 0.2) is 0 Å². The minimum Gasteiger partial charge on any atom is -0.367 e. The lowest BCUT2D eigenvalue weighted by Crippen LogP contribution is -2.52. The summed E-state index contributed by atoms with van der Waals surface area (Å²) in [6, 6.07) is 0. The van der Waals surface area contributed by atoms with Crippen molar-refractivity contribution < 1.29 is 9.53 Å². The zero-order valence-electron chi connectivity index (χ0n) is 12.8. The van der Waals surface area contributed by atoms with Crippen LogP contribution in [0.4, 0.5) is 0 Å². The Labute approximate surface area is 125 Å². The highest BCUT2D eigenvalue weighted by atomic mass is 16.5. The van der Waals surface area contributed by atoms with E-state index in [9.17, 15) is 4.79 Å². The Bertz CT molecular complexity index is 551. The fourth-order valence-corrected chi connectivity index (χ4v) is 3.20. The molecule has 5 nitrogen and oxygen atoms in total. The molecule has 1 amide bonds. The van der Waals surface area contributed by atoms with E-state index in [1.807, 2.05) is 31.3 Å². The smallest absolute Gasteiger partial charge is 0.226 e. The number of ether oxygens (including phenoxy) is 1. The molecular formula is C16H23N3O2. The van der Waals surface area contributed by atoms with Gasteiger partial charge in [-0.2, -0.15) is 5.10 Å². The van der Waals surface area contributed by atoms with Gasteiger partial charge < -0.3 is 9.64 Å². The maximum Gasteiger partial charge on any atom is 0.226 e. The van der Waals surface area contributed by atoms with E-state index in [2.05, 4.69) is 17.3 Å². The van der Waals surface area contributed by atoms with Gasteiger partial charge in [0.25, 0.3) is 0 Å². The molecule has 1 aromatic rings. The fraction of sp³-hybridized carbons (Fsp3) is 0.625. The summed E-state index contributed by atoms with van der Waals surface area (Å²) in [7, 11) is 1.90. The molecular weight excluding hydrogens is 266 g/mol. The maximum absolute atomic E-state index is 12.7. The first-order valence-corrected chi connectivity index (χ1v) is 7.65. The van der Waals surface area contributed by atoms with Crippen LogP contribution in [0.1, 0.15) is 31.7 Å². The molecule has 1 aliphatic carbocycles. The highest BCUT2D eigenvalue weighted by molar-refractivity contribution is 5.79. The van der Waals surface area contributed by atoms with E-state index in [1.54, 1.807) is 4.68 Å². The van der Waals surface area contributed by atoms with Crippen LogP contribution in [0, 0.1) is 5.92 Å². The molecule has 114 valence electrons. The number of allylic oxidation sites excluding steroid dienone is 2. The van der Waals surface area contributed by atoms with Gasteiger partial charge in [-0.1, -0.05) is 12.2 Å². The van der Waals surface area contributed by atoms with Gasteiger partial charge in [-0.25, -0.2) is 0 Å². The number of aromatic nitrogens is 2. The quantitative estimate of drug-likeness (QED) is 0.781. The van der Waals surface area contributed by atoms with Crippen molar-refractivity contribution in [3.63, 3.8) is 0 Å². The number of hydrogen-bond donors (Lipinski definition) is 0. The Balaban J connectivity index is 1.73. The van der Waals surface area contributed by atoms with Crippen molar-refractivity contribution >= 4 is 5.91 Å². The lowest BCUT2D eigenvalue weighted by atomic mass is 9.91. The highest BCUT2D eigenvalue weighted by Gasteiger charge is 2.38. The van der Waals surface area contributed by atoms with Crippen LogP contribution < -0.4 is 0 Å². The van der Waals surface area contributed by atoms with Crippen molar-refractivity contribution in [1.82, 2.24) is 14.7 Å². The summed E-state index contributed by atoms with van der Waals surface area (Å²) >= 11 is 0. The van der Waals surface area contributed by atoms with E-state index in [1.165, 1.54) is 0 Å². The minimum atomic E-state index is -0.452. The monoisotopic (exact) mass is 289 g/mol. The molecule has 0 spiro atoms. The van der Waals surface area contributed by atoms with Crippen LogP contribution in [0.2, 0.25) is 0 Å². The molecule has 0 bridgehead atoms. The molecule has 5 heteroatoms. The van der Waals surface area contributed by atoms with Gasteiger partial charge >= 0.3 is 0 Å². The van der Waals surface area contributed by atoms with E-state index in [0.29, 0.717) is 19.7 Å². The third kappa shape index (κ3) is 2.88. The first-order chi connectivity index (χ1) is 10.1. The molecule has 2 heterocycles. The van der Waals surface area contributed by atoms with E-state index in [0.717, 1.165) is 24.8 Å². The van der Waals surface area contributed by atoms with Crippen LogP contribution >= 0.6 is 0 Å². The Kier molecular flexibility index (Phi) is 3.85. The first kappa shape index (κ1) is 14.3. The first-order valence-electron chi connectivity index (χ1n) is 7.65. The van der Waals surface area contributed by atoms with Crippen molar-refractivity contribution in [3.05, 3.63) is 30.1 Å². The van der Waals surface area contributed by atoms with Gasteiger partial charge in [0.2, 0.25) is 5.91 Å². The van der Waals surface area contributed by atoms with Gasteiger partial charge in [0.05, 0.1) is 19.3 Å². The molecule has 0 N–H and O–H groups in total. The molecule has 2 atom stereocenters. The van der Waals surface area contributed by atoms with Crippen molar-refractivity contribution in [3.8, 4) is 0 Å². The molecule has 1 aliphatic heterocycles. The number of aryl methyl sites for hydroxylation is 1. The molecule has 0 aromatic carbocycles. The van der Waals surface area contributed by atoms with Gasteiger partial charge in [0, 0.05) is 31.3 Å². The van der Waals surface area contributed by atoms with Crippen molar-refractivity contribution in [1.29, 1.82) is 0 Å². The van der Waals surface area contributed by atoms with Crippen molar-refractivity contribution in [2.45, 2.75) is 31.8 Å². The molecule has 3 rings (SSSR count). The normalized spacial score (nSPS) is 29.6. The molecule has 0 radical (unpaired) electrons. The largest absolute Gasteiger partial charge is 0.367 e. The van der Waals surface area contributed by atoms with E-state index in [-0.39, 0.29) is 11.8 Å². The van der Waals surface area contributed by atoms with Gasteiger partial charge in [-0.15, -0.1) is 0 Å². The lowest BCUT2D eigenvalue weighted by Gasteiger charge is -2.41. The van der Waals surface area contributed by atoms with Crippen LogP contribution in [0.15, 0.2) is 24.5 Å². The van der Waals surface area contributed by atoms with E-state index in [4.69, 9.17) is 4.74 Å². The minimum absolute atomic E-state index is 0.145. The summed E-state index contributed by atoms with van der Waals surface area (Å²) in [6.45, 7) is 3.93. The molecule has 21 heavy (non-hydrogen) atoms. The Hall–Kier alpha value is -1.62. The van der Waals surface area contributed by atoms with Crippen LogP contribution in [-0.4, -0.2) is 40.3 Å². The molecule has 1 aromatic heterocycles. The highest BCUT2D eigenvalue weighted by Crippen LogP contribution is 2.31. The molecule has 0 saturated carbocycles. The third-order valence-corrected chi connectivity index (χ3v) is 4.52. The van der Waals surface area contributed by atoms with Gasteiger partial charge in [-0.3, -0.25) is 9.48 Å². The zero-order chi connectivity index (χ0) is 14.9. The van der Waals surface area contributed by atoms with Crippen LogP contribution in [-0.2, 0) is 22.2 Å². The maximum atomic E-state index is 12.7. The van der Waals surface area contributed by atoms with Gasteiger partial charge in [-0.05, 0) is 26.2 Å². The molecule has 1 fully saturated rings. The number of hydrogen-bond acceptors (Lipinski definition) is 3. The predicted octanol–water partition coefficient (Wildman–Crippen LogP) is 1.85. The lowest BCUT2D eigenvalue weighted by molar-refractivity contribution is -0.153. The summed E-state index contributed by atoms with van der Waals surface area (Å²) < 4.78 is 7.75. The summed E-state index contributed by atoms with van der Waals surface area (Å²) in [5.74, 6) is 0.420. The SMILES string of the molecule is Cn1cc([C@]2(C)CN(C(=O)[C@@H]3CC=CCC3)CCO2)cn1. The second kappa shape index (κ2) is 5.64. The predicted molar refractivity (Wildman–Crippen MR) is 79.6 cm³/mol. The fourth-order valence-electron chi connectivity index (χ4n) is 3.20. The van der Waals surface area contributed by atoms with Crippen molar-refractivity contribution in [2.75, 3.05) is 19.7 Å².